The number of anilines is 1. The van der Waals surface area contributed by atoms with Gasteiger partial charge in [-0.05, 0) is 43.2 Å². The summed E-state index contributed by atoms with van der Waals surface area (Å²) in [6.45, 7) is 6.10. The standard InChI is InChI=1S/C23H26N4O3.H2/c1-3-19(28)23(30)27-12-10-26(11-13-27)22-16-9-8-15(2)14-18(16)24-21(25-22)17-6-4-5-7-20(17)29;/h4-9,14,19,28-29H,3,10-13H2,1-2H3;1H/t19-;/m0./s1. The van der Waals surface area contributed by atoms with Crippen LogP contribution in [-0.2, 0) is 4.79 Å². The van der Waals surface area contributed by atoms with Gasteiger partial charge in [0, 0.05) is 33.0 Å². The Kier molecular flexibility index (Phi) is 5.55. The predicted octanol–water partition coefficient (Wildman–Crippen LogP) is 2.98. The van der Waals surface area contributed by atoms with Gasteiger partial charge in [0.2, 0.25) is 0 Å². The van der Waals surface area contributed by atoms with Crippen molar-refractivity contribution in [3.05, 3.63) is 48.0 Å². The lowest BCUT2D eigenvalue weighted by Gasteiger charge is -2.36. The Bertz CT molecular complexity index is 1080. The highest BCUT2D eigenvalue weighted by atomic mass is 16.3. The molecule has 0 spiro atoms. The maximum absolute atomic E-state index is 12.3. The largest absolute Gasteiger partial charge is 0.507 e. The van der Waals surface area contributed by atoms with Gasteiger partial charge in [0.05, 0.1) is 11.1 Å². The Labute approximate surface area is 177 Å². The molecular weight excluding hydrogens is 380 g/mol. The molecule has 0 bridgehead atoms. The van der Waals surface area contributed by atoms with Crippen molar-refractivity contribution in [2.24, 2.45) is 0 Å². The van der Waals surface area contributed by atoms with Crippen molar-refractivity contribution < 1.29 is 16.4 Å². The third-order valence-corrected chi connectivity index (χ3v) is 5.54. The Morgan fingerprint density at radius 1 is 1.13 bits per heavy atom. The van der Waals surface area contributed by atoms with Crippen LogP contribution in [0.4, 0.5) is 5.82 Å². The molecule has 0 unspecified atom stereocenters. The molecule has 3 aromatic rings. The van der Waals surface area contributed by atoms with E-state index in [4.69, 9.17) is 9.97 Å². The number of amides is 1. The van der Waals surface area contributed by atoms with Gasteiger partial charge in [-0.1, -0.05) is 25.1 Å². The van der Waals surface area contributed by atoms with Gasteiger partial charge in [-0.25, -0.2) is 9.97 Å². The lowest BCUT2D eigenvalue weighted by molar-refractivity contribution is -0.140. The second-order valence-corrected chi connectivity index (χ2v) is 7.64. The molecule has 0 aliphatic carbocycles. The van der Waals surface area contributed by atoms with Gasteiger partial charge in [-0.3, -0.25) is 4.79 Å². The highest BCUT2D eigenvalue weighted by Crippen LogP contribution is 2.32. The number of phenolic OH excluding ortho intramolecular Hbond substituents is 1. The van der Waals surface area contributed by atoms with Crippen molar-refractivity contribution in [2.45, 2.75) is 26.4 Å². The molecule has 2 N–H and O–H groups in total. The van der Waals surface area contributed by atoms with Crippen LogP contribution in [0.25, 0.3) is 22.3 Å². The Hall–Kier alpha value is -3.19. The highest BCUT2D eigenvalue weighted by molar-refractivity contribution is 5.92. The molecule has 7 heteroatoms. The lowest BCUT2D eigenvalue weighted by atomic mass is 10.1. The maximum Gasteiger partial charge on any atom is 0.251 e. The van der Waals surface area contributed by atoms with Crippen molar-refractivity contribution in [1.82, 2.24) is 14.9 Å². The Balaban J connectivity index is 0.00000272. The van der Waals surface area contributed by atoms with Crippen LogP contribution in [0.5, 0.6) is 5.75 Å². The number of carbonyl (C=O) groups is 1. The summed E-state index contributed by atoms with van der Waals surface area (Å²) in [5, 5.41) is 21.1. The van der Waals surface area contributed by atoms with E-state index >= 15 is 0 Å². The number of carbonyl (C=O) groups excluding carboxylic acids is 1. The van der Waals surface area contributed by atoms with Crippen molar-refractivity contribution in [3.8, 4) is 17.1 Å². The zero-order valence-corrected chi connectivity index (χ0v) is 17.2. The first-order valence-electron chi connectivity index (χ1n) is 10.3. The maximum atomic E-state index is 12.3. The number of aliphatic hydroxyl groups excluding tert-OH is 1. The molecule has 1 aliphatic rings. The zero-order valence-electron chi connectivity index (χ0n) is 17.2. The molecule has 2 heterocycles. The Morgan fingerprint density at radius 3 is 2.57 bits per heavy atom. The molecule has 1 aliphatic heterocycles. The minimum absolute atomic E-state index is 0. The van der Waals surface area contributed by atoms with Crippen molar-refractivity contribution in [1.29, 1.82) is 0 Å². The number of fused-ring (bicyclic) bond motifs is 1. The average Bonchev–Trinajstić information content (AvgIpc) is 2.77. The molecule has 2 aromatic carbocycles. The number of para-hydroxylation sites is 1. The van der Waals surface area contributed by atoms with Crippen LogP contribution in [-0.4, -0.2) is 63.3 Å². The van der Waals surface area contributed by atoms with Crippen molar-refractivity contribution in [3.63, 3.8) is 0 Å². The molecule has 1 atom stereocenters. The number of rotatable bonds is 4. The van der Waals surface area contributed by atoms with Gasteiger partial charge in [0.25, 0.3) is 5.91 Å². The first-order valence-corrected chi connectivity index (χ1v) is 10.3. The number of aromatic nitrogens is 2. The van der Waals surface area contributed by atoms with E-state index < -0.39 is 6.10 Å². The van der Waals surface area contributed by atoms with Gasteiger partial charge in [-0.15, -0.1) is 0 Å². The Morgan fingerprint density at radius 2 is 1.87 bits per heavy atom. The van der Waals surface area contributed by atoms with E-state index in [0.717, 1.165) is 22.3 Å². The number of phenols is 1. The molecule has 7 nitrogen and oxygen atoms in total. The molecule has 1 aromatic heterocycles. The molecule has 1 amide bonds. The molecule has 0 saturated carbocycles. The predicted molar refractivity (Wildman–Crippen MR) is 119 cm³/mol. The number of aryl methyl sites for hydroxylation is 1. The van der Waals surface area contributed by atoms with Gasteiger partial charge in [-0.2, -0.15) is 0 Å². The lowest BCUT2D eigenvalue weighted by Crippen LogP contribution is -2.51. The molecule has 4 rings (SSSR count). The van der Waals surface area contributed by atoms with E-state index in [2.05, 4.69) is 4.90 Å². The monoisotopic (exact) mass is 408 g/mol. The van der Waals surface area contributed by atoms with E-state index in [0.29, 0.717) is 44.0 Å². The number of nitrogens with zero attached hydrogens (tertiary/aromatic N) is 4. The van der Waals surface area contributed by atoms with E-state index in [1.807, 2.05) is 31.2 Å². The molecule has 0 radical (unpaired) electrons. The smallest absolute Gasteiger partial charge is 0.251 e. The topological polar surface area (TPSA) is 89.8 Å². The zero-order chi connectivity index (χ0) is 21.3. The summed E-state index contributed by atoms with van der Waals surface area (Å²) < 4.78 is 0. The van der Waals surface area contributed by atoms with Gasteiger partial charge >= 0.3 is 0 Å². The van der Waals surface area contributed by atoms with E-state index in [1.54, 1.807) is 30.0 Å². The third-order valence-electron chi connectivity index (χ3n) is 5.54. The number of hydrogen-bond acceptors (Lipinski definition) is 6. The second kappa shape index (κ2) is 8.28. The molecule has 1 fully saturated rings. The summed E-state index contributed by atoms with van der Waals surface area (Å²) in [7, 11) is 0. The van der Waals surface area contributed by atoms with Crippen LogP contribution in [0.15, 0.2) is 42.5 Å². The minimum Gasteiger partial charge on any atom is -0.507 e. The van der Waals surface area contributed by atoms with Crippen LogP contribution in [0, 0.1) is 6.92 Å². The minimum atomic E-state index is -0.938. The molecule has 1 saturated heterocycles. The normalized spacial score (nSPS) is 15.4. The SMILES string of the molecule is CC[C@H](O)C(=O)N1CCN(c2nc(-c3ccccc3O)nc3cc(C)ccc23)CC1.[HH]. The number of piperazine rings is 1. The van der Waals surface area contributed by atoms with E-state index in [1.165, 1.54) is 0 Å². The summed E-state index contributed by atoms with van der Waals surface area (Å²) in [5.41, 5.74) is 2.50. The summed E-state index contributed by atoms with van der Waals surface area (Å²) in [6, 6.07) is 13.1. The number of aromatic hydroxyl groups is 1. The van der Waals surface area contributed by atoms with Crippen LogP contribution >= 0.6 is 0 Å². The van der Waals surface area contributed by atoms with E-state index in [-0.39, 0.29) is 13.1 Å². The molecule has 158 valence electrons. The quantitative estimate of drug-likeness (QED) is 0.690. The highest BCUT2D eigenvalue weighted by Gasteiger charge is 2.27. The third kappa shape index (κ3) is 3.80. The first-order chi connectivity index (χ1) is 14.5. The van der Waals surface area contributed by atoms with Crippen molar-refractivity contribution >= 4 is 22.6 Å². The van der Waals surface area contributed by atoms with Crippen molar-refractivity contribution in [2.75, 3.05) is 31.1 Å². The fraction of sp³-hybridized carbons (Fsp3) is 0.348. The van der Waals surface area contributed by atoms with Crippen LogP contribution in [0.2, 0.25) is 0 Å². The summed E-state index contributed by atoms with van der Waals surface area (Å²) in [5.74, 6) is 1.19. The van der Waals surface area contributed by atoms with Gasteiger partial charge < -0.3 is 20.0 Å². The first kappa shape index (κ1) is 20.1. The average molecular weight is 409 g/mol. The molecule has 30 heavy (non-hydrogen) atoms. The number of benzene rings is 2. The van der Waals surface area contributed by atoms with E-state index in [9.17, 15) is 15.0 Å². The molecular formula is C23H28N4O3. The number of aliphatic hydroxyl groups is 1. The van der Waals surface area contributed by atoms with Crippen LogP contribution < -0.4 is 4.90 Å². The van der Waals surface area contributed by atoms with Crippen LogP contribution in [0.1, 0.15) is 20.3 Å². The summed E-state index contributed by atoms with van der Waals surface area (Å²) in [6.07, 6.45) is -0.522. The fourth-order valence-corrected chi connectivity index (χ4v) is 3.77. The fourth-order valence-electron chi connectivity index (χ4n) is 3.77. The van der Waals surface area contributed by atoms with Gasteiger partial charge in [0.1, 0.15) is 17.7 Å². The number of hydrogen-bond donors (Lipinski definition) is 2. The summed E-state index contributed by atoms with van der Waals surface area (Å²) in [4.78, 5) is 25.7. The van der Waals surface area contributed by atoms with Gasteiger partial charge in [0.15, 0.2) is 5.82 Å². The summed E-state index contributed by atoms with van der Waals surface area (Å²) >= 11 is 0. The second-order valence-electron chi connectivity index (χ2n) is 7.64. The van der Waals surface area contributed by atoms with Crippen LogP contribution in [0.3, 0.4) is 0 Å².